The van der Waals surface area contributed by atoms with Crippen LogP contribution in [0.4, 0.5) is 0 Å². The topological polar surface area (TPSA) is 54.4 Å². The second-order valence-corrected chi connectivity index (χ2v) is 3.84. The molecule has 0 fully saturated rings. The van der Waals surface area contributed by atoms with Crippen LogP contribution in [0.5, 0.6) is 0 Å². The van der Waals surface area contributed by atoms with Crippen molar-refractivity contribution in [1.29, 1.82) is 0 Å². The summed E-state index contributed by atoms with van der Waals surface area (Å²) in [6.45, 7) is 0. The third kappa shape index (κ3) is 4.07. The average Bonchev–Trinajstić information content (AvgIpc) is 1.86. The molecule has 3 nitrogen and oxygen atoms in total. The van der Waals surface area contributed by atoms with Crippen LogP contribution in [0.2, 0.25) is 0 Å². The molecular formula is C6H5CsO3S2. The van der Waals surface area contributed by atoms with E-state index in [0.717, 1.165) is 0 Å². The van der Waals surface area contributed by atoms with Gasteiger partial charge in [-0.2, -0.15) is 13.3 Å². The monoisotopic (exact) mass is 322 g/mol. The second kappa shape index (κ2) is 5.32. The maximum absolute atomic E-state index is 10.5. The fourth-order valence-corrected chi connectivity index (χ4v) is 1.44. The van der Waals surface area contributed by atoms with Crippen LogP contribution in [0.15, 0.2) is 34.1 Å². The number of benzene rings is 1. The van der Waals surface area contributed by atoms with Crippen molar-refractivity contribution in [2.75, 3.05) is 0 Å². The zero-order valence-corrected chi connectivity index (χ0v) is 14.3. The van der Waals surface area contributed by atoms with Crippen molar-refractivity contribution in [2.24, 2.45) is 0 Å². The predicted molar refractivity (Wildman–Crippen MR) is 41.9 cm³/mol. The summed E-state index contributed by atoms with van der Waals surface area (Å²) in [6.07, 6.45) is 0. The van der Waals surface area contributed by atoms with Crippen molar-refractivity contribution in [3.63, 3.8) is 0 Å². The van der Waals surface area contributed by atoms with Gasteiger partial charge in [0.1, 0.15) is 0 Å². The molecule has 1 rings (SSSR count). The van der Waals surface area contributed by atoms with Gasteiger partial charge >= 0.3 is 68.9 Å². The molecule has 0 aliphatic rings. The molecule has 0 radical (unpaired) electrons. The van der Waals surface area contributed by atoms with Crippen molar-refractivity contribution in [2.45, 2.75) is 9.79 Å². The van der Waals surface area contributed by atoms with E-state index in [9.17, 15) is 8.42 Å². The molecule has 0 atom stereocenters. The van der Waals surface area contributed by atoms with Gasteiger partial charge in [-0.1, -0.05) is 18.2 Å². The molecule has 0 bridgehead atoms. The van der Waals surface area contributed by atoms with E-state index in [0.29, 0.717) is 4.90 Å². The van der Waals surface area contributed by atoms with E-state index in [2.05, 4.69) is 0 Å². The first kappa shape index (κ1) is 13.4. The van der Waals surface area contributed by atoms with E-state index in [1.807, 2.05) is 0 Å². The first-order valence-corrected chi connectivity index (χ1v) is 4.59. The summed E-state index contributed by atoms with van der Waals surface area (Å²) in [4.78, 5) is 0.227. The van der Waals surface area contributed by atoms with Crippen LogP contribution in [0.1, 0.15) is 0 Å². The van der Waals surface area contributed by atoms with Crippen LogP contribution < -0.4 is 68.9 Å². The van der Waals surface area contributed by atoms with Crippen LogP contribution in [-0.2, 0) is 22.7 Å². The van der Waals surface area contributed by atoms with Gasteiger partial charge in [0.15, 0.2) is 0 Å². The predicted octanol–water partition coefficient (Wildman–Crippen LogP) is -2.16. The number of hydrogen-bond acceptors (Lipinski definition) is 3. The molecule has 0 aliphatic carbocycles. The molecule has 1 N–H and O–H groups in total. The maximum Gasteiger partial charge on any atom is 1.00 e. The normalized spacial score (nSPS) is 10.4. The molecule has 0 saturated carbocycles. The zero-order chi connectivity index (χ0) is 8.48. The van der Waals surface area contributed by atoms with Gasteiger partial charge < -0.3 is 12.6 Å². The molecule has 0 saturated heterocycles. The fourth-order valence-electron chi connectivity index (χ4n) is 0.635. The Morgan fingerprint density at radius 2 is 1.92 bits per heavy atom. The molecule has 0 spiro atoms. The van der Waals surface area contributed by atoms with Crippen molar-refractivity contribution < 1.29 is 81.9 Å². The molecule has 0 unspecified atom stereocenters. The summed E-state index contributed by atoms with van der Waals surface area (Å²) >= 11 is 4.69. The number of rotatable bonds is 1. The van der Waals surface area contributed by atoms with Gasteiger partial charge in [-0.25, -0.2) is 0 Å². The molecule has 6 heteroatoms. The Morgan fingerprint density at radius 1 is 1.33 bits per heavy atom. The fraction of sp³-hybridized carbons (Fsp3) is 0. The Morgan fingerprint density at radius 3 is 2.25 bits per heavy atom. The van der Waals surface area contributed by atoms with Gasteiger partial charge in [-0.05, 0) is 6.07 Å². The average molecular weight is 322 g/mol. The van der Waals surface area contributed by atoms with Crippen LogP contribution in [0.3, 0.4) is 0 Å². The molecule has 0 amide bonds. The van der Waals surface area contributed by atoms with Crippen molar-refractivity contribution in [3.05, 3.63) is 24.3 Å². The Kier molecular flexibility index (Phi) is 5.95. The van der Waals surface area contributed by atoms with E-state index in [-0.39, 0.29) is 73.8 Å². The van der Waals surface area contributed by atoms with E-state index in [1.165, 1.54) is 18.2 Å². The Hall–Kier alpha value is 1.40. The Labute approximate surface area is 136 Å². The number of hydrogen-bond donors (Lipinski definition) is 1. The van der Waals surface area contributed by atoms with E-state index >= 15 is 0 Å². The van der Waals surface area contributed by atoms with Gasteiger partial charge in [0, 0.05) is 0 Å². The summed E-state index contributed by atoms with van der Waals surface area (Å²) in [5, 5.41) is 0. The summed E-state index contributed by atoms with van der Waals surface area (Å²) in [7, 11) is -4.09. The second-order valence-electron chi connectivity index (χ2n) is 1.95. The molecular weight excluding hydrogens is 317 g/mol. The third-order valence-corrected chi connectivity index (χ3v) is 2.21. The maximum atomic E-state index is 10.5. The molecule has 1 aromatic rings. The van der Waals surface area contributed by atoms with Crippen LogP contribution >= 0.6 is 0 Å². The Bertz CT molecular complexity index is 361. The minimum absolute atomic E-state index is 0. The SMILES string of the molecule is O=S(=O)(O)c1cccc([S-])c1.[Cs+]. The zero-order valence-electron chi connectivity index (χ0n) is 6.39. The minimum Gasteiger partial charge on any atom is -0.780 e. The van der Waals surface area contributed by atoms with E-state index in [4.69, 9.17) is 17.2 Å². The van der Waals surface area contributed by atoms with Gasteiger partial charge in [0.05, 0.1) is 4.90 Å². The van der Waals surface area contributed by atoms with Gasteiger partial charge in [-0.15, -0.1) is 0 Å². The summed E-state index contributed by atoms with van der Waals surface area (Å²) in [6, 6.07) is 5.56. The summed E-state index contributed by atoms with van der Waals surface area (Å²) < 4.78 is 29.5. The van der Waals surface area contributed by atoms with Crippen LogP contribution in [-0.4, -0.2) is 13.0 Å². The molecule has 1 aromatic carbocycles. The van der Waals surface area contributed by atoms with Crippen molar-refractivity contribution >= 4 is 22.7 Å². The van der Waals surface area contributed by atoms with Crippen LogP contribution in [0, 0.1) is 0 Å². The molecule has 0 aromatic heterocycles. The van der Waals surface area contributed by atoms with Gasteiger partial charge in [0.25, 0.3) is 10.1 Å². The first-order valence-electron chi connectivity index (χ1n) is 2.75. The molecule has 0 heterocycles. The first-order chi connectivity index (χ1) is 5.00. The third-order valence-electron chi connectivity index (χ3n) is 1.10. The van der Waals surface area contributed by atoms with Gasteiger partial charge in [0.2, 0.25) is 0 Å². The quantitative estimate of drug-likeness (QED) is 0.473. The van der Waals surface area contributed by atoms with Crippen molar-refractivity contribution in [1.82, 2.24) is 0 Å². The van der Waals surface area contributed by atoms with Gasteiger partial charge in [-0.3, -0.25) is 4.55 Å². The smallest absolute Gasteiger partial charge is 0.780 e. The summed E-state index contributed by atoms with van der Waals surface area (Å²) in [5.74, 6) is 0. The van der Waals surface area contributed by atoms with Crippen LogP contribution in [0.25, 0.3) is 0 Å². The standard InChI is InChI=1S/C6H6O3S2.Cs/c7-11(8,9)6-3-1-2-5(10)4-6;/h1-4,10H,(H,7,8,9);/q;+1/p-1. The van der Waals surface area contributed by atoms with Crippen molar-refractivity contribution in [3.8, 4) is 0 Å². The molecule has 12 heavy (non-hydrogen) atoms. The van der Waals surface area contributed by atoms with E-state index in [1.54, 1.807) is 6.07 Å². The largest absolute Gasteiger partial charge is 1.00 e. The molecule has 60 valence electrons. The van der Waals surface area contributed by atoms with E-state index < -0.39 is 10.1 Å². The molecule has 0 aliphatic heterocycles. The summed E-state index contributed by atoms with van der Waals surface area (Å²) in [5.41, 5.74) is 0. The minimum atomic E-state index is -4.09. The Balaban J connectivity index is 0.00000121.